The molecule has 4 N–H and O–H groups in total. The van der Waals surface area contributed by atoms with Crippen molar-refractivity contribution in [2.75, 3.05) is 6.61 Å². The van der Waals surface area contributed by atoms with Crippen LogP contribution in [-0.4, -0.2) is 41.6 Å². The summed E-state index contributed by atoms with van der Waals surface area (Å²) in [5, 5.41) is 11.0. The number of hydrogen-bond acceptors (Lipinski definition) is 5. The number of nitrogens with one attached hydrogen (secondary N) is 1. The lowest BCUT2D eigenvalue weighted by atomic mass is 10.2. The molecular formula is C12H20N2O5. The van der Waals surface area contributed by atoms with E-state index in [9.17, 15) is 14.4 Å². The highest BCUT2D eigenvalue weighted by Crippen LogP contribution is 2.38. The summed E-state index contributed by atoms with van der Waals surface area (Å²) in [5.74, 6) is -1.59. The van der Waals surface area contributed by atoms with E-state index in [0.717, 1.165) is 6.42 Å². The van der Waals surface area contributed by atoms with Crippen LogP contribution in [0.4, 0.5) is 0 Å². The van der Waals surface area contributed by atoms with Crippen LogP contribution in [0.5, 0.6) is 0 Å². The minimum absolute atomic E-state index is 0.0165. The van der Waals surface area contributed by atoms with Crippen LogP contribution in [0.25, 0.3) is 0 Å². The van der Waals surface area contributed by atoms with Gasteiger partial charge in [-0.1, -0.05) is 6.92 Å². The molecule has 7 nitrogen and oxygen atoms in total. The highest BCUT2D eigenvalue weighted by Gasteiger charge is 2.40. The van der Waals surface area contributed by atoms with Gasteiger partial charge in [0.2, 0.25) is 5.91 Å². The van der Waals surface area contributed by atoms with Gasteiger partial charge < -0.3 is 20.9 Å². The second-order valence-corrected chi connectivity index (χ2v) is 5.06. The molecule has 0 spiro atoms. The van der Waals surface area contributed by atoms with Crippen molar-refractivity contribution >= 4 is 17.8 Å². The maximum absolute atomic E-state index is 11.5. The highest BCUT2D eigenvalue weighted by molar-refractivity contribution is 5.86. The Kier molecular flexibility index (Phi) is 5.29. The minimum atomic E-state index is -1.13. The van der Waals surface area contributed by atoms with Gasteiger partial charge in [0, 0.05) is 0 Å². The molecule has 0 heterocycles. The Labute approximate surface area is 111 Å². The number of nitrogens with two attached hydrogens (primary N) is 1. The number of ether oxygens (including phenoxy) is 1. The van der Waals surface area contributed by atoms with Gasteiger partial charge in [-0.05, 0) is 19.3 Å². The number of carbonyl (C=O) groups excluding carboxylic acids is 2. The minimum Gasteiger partial charge on any atom is -0.481 e. The van der Waals surface area contributed by atoms with Crippen molar-refractivity contribution in [3.8, 4) is 0 Å². The summed E-state index contributed by atoms with van der Waals surface area (Å²) in [5.41, 5.74) is 5.40. The predicted molar refractivity (Wildman–Crippen MR) is 66.1 cm³/mol. The Bertz CT molecular complexity index is 371. The molecule has 0 aromatic rings. The monoisotopic (exact) mass is 272 g/mol. The summed E-state index contributed by atoms with van der Waals surface area (Å²) in [6, 6.07) is -1.50. The van der Waals surface area contributed by atoms with Gasteiger partial charge in [-0.3, -0.25) is 14.4 Å². The van der Waals surface area contributed by atoms with E-state index < -0.39 is 30.4 Å². The second kappa shape index (κ2) is 6.51. The van der Waals surface area contributed by atoms with Gasteiger partial charge in [0.25, 0.3) is 0 Å². The Balaban J connectivity index is 2.22. The third kappa shape index (κ3) is 5.25. The van der Waals surface area contributed by atoms with Crippen molar-refractivity contribution in [3.63, 3.8) is 0 Å². The molecule has 1 aliphatic rings. The van der Waals surface area contributed by atoms with E-state index in [1.54, 1.807) is 6.92 Å². The molecule has 1 aliphatic carbocycles. The van der Waals surface area contributed by atoms with Crippen LogP contribution in [0.1, 0.15) is 26.7 Å². The SMILES string of the molecule is CC(COC(=O)C1CC1C)NC(=O)C(N)CC(=O)O. The largest absolute Gasteiger partial charge is 0.481 e. The highest BCUT2D eigenvalue weighted by atomic mass is 16.5. The summed E-state index contributed by atoms with van der Waals surface area (Å²) in [6.07, 6.45) is 0.418. The normalized spacial score (nSPS) is 24.2. The summed E-state index contributed by atoms with van der Waals surface area (Å²) >= 11 is 0. The van der Waals surface area contributed by atoms with Crippen molar-refractivity contribution < 1.29 is 24.2 Å². The number of carbonyl (C=O) groups is 3. The maximum atomic E-state index is 11.5. The molecule has 108 valence electrons. The third-order valence-electron chi connectivity index (χ3n) is 3.01. The molecule has 0 radical (unpaired) electrons. The lowest BCUT2D eigenvalue weighted by Gasteiger charge is -2.16. The van der Waals surface area contributed by atoms with Crippen LogP contribution < -0.4 is 11.1 Å². The number of rotatable bonds is 7. The summed E-state index contributed by atoms with van der Waals surface area (Å²) in [4.78, 5) is 33.3. The third-order valence-corrected chi connectivity index (χ3v) is 3.01. The molecule has 0 aliphatic heterocycles. The Morgan fingerprint density at radius 2 is 2.05 bits per heavy atom. The molecule has 1 saturated carbocycles. The Hall–Kier alpha value is -1.63. The predicted octanol–water partition coefficient (Wildman–Crippen LogP) is -0.508. The van der Waals surface area contributed by atoms with E-state index in [4.69, 9.17) is 15.6 Å². The summed E-state index contributed by atoms with van der Waals surface area (Å²) in [6.45, 7) is 3.70. The fourth-order valence-corrected chi connectivity index (χ4v) is 1.64. The first-order valence-electron chi connectivity index (χ1n) is 6.25. The van der Waals surface area contributed by atoms with Crippen molar-refractivity contribution in [2.45, 2.75) is 38.8 Å². The van der Waals surface area contributed by atoms with E-state index in [1.807, 2.05) is 6.92 Å². The van der Waals surface area contributed by atoms with Crippen LogP contribution in [-0.2, 0) is 19.1 Å². The van der Waals surface area contributed by atoms with Crippen LogP contribution in [0.15, 0.2) is 0 Å². The van der Waals surface area contributed by atoms with Gasteiger partial charge in [0.1, 0.15) is 6.61 Å². The zero-order valence-corrected chi connectivity index (χ0v) is 11.1. The zero-order valence-electron chi connectivity index (χ0n) is 11.1. The number of carboxylic acids is 1. The number of esters is 1. The van der Waals surface area contributed by atoms with Crippen molar-refractivity contribution in [1.82, 2.24) is 5.32 Å². The molecule has 4 unspecified atom stereocenters. The van der Waals surface area contributed by atoms with Gasteiger partial charge in [-0.2, -0.15) is 0 Å². The van der Waals surface area contributed by atoms with Gasteiger partial charge in [-0.25, -0.2) is 0 Å². The molecule has 0 aromatic carbocycles. The fourth-order valence-electron chi connectivity index (χ4n) is 1.64. The summed E-state index contributed by atoms with van der Waals surface area (Å²) in [7, 11) is 0. The molecule has 0 bridgehead atoms. The van der Waals surface area contributed by atoms with Gasteiger partial charge >= 0.3 is 11.9 Å². The van der Waals surface area contributed by atoms with E-state index in [2.05, 4.69) is 5.32 Å². The van der Waals surface area contributed by atoms with Crippen LogP contribution in [0, 0.1) is 11.8 Å². The molecule has 1 rings (SSSR count). The molecule has 7 heteroatoms. The zero-order chi connectivity index (χ0) is 14.6. The molecule has 4 atom stereocenters. The molecule has 1 fully saturated rings. The maximum Gasteiger partial charge on any atom is 0.309 e. The quantitative estimate of drug-likeness (QED) is 0.537. The average molecular weight is 272 g/mol. The Morgan fingerprint density at radius 3 is 2.53 bits per heavy atom. The molecule has 19 heavy (non-hydrogen) atoms. The Morgan fingerprint density at radius 1 is 1.47 bits per heavy atom. The standard InChI is InChI=1S/C12H20N2O5/c1-6-3-8(6)12(18)19-5-7(2)14-11(17)9(13)4-10(15)16/h6-9H,3-5,13H2,1-2H3,(H,14,17)(H,15,16). The number of carboxylic acid groups (broad SMARTS) is 1. The lowest BCUT2D eigenvalue weighted by molar-refractivity contribution is -0.146. The molecule has 0 aromatic heterocycles. The van der Waals surface area contributed by atoms with Crippen LogP contribution in [0.2, 0.25) is 0 Å². The molecule has 0 saturated heterocycles. The topological polar surface area (TPSA) is 119 Å². The van der Waals surface area contributed by atoms with Crippen molar-refractivity contribution in [2.24, 2.45) is 17.6 Å². The van der Waals surface area contributed by atoms with E-state index in [1.165, 1.54) is 0 Å². The lowest BCUT2D eigenvalue weighted by Crippen LogP contribution is -2.46. The number of hydrogen-bond donors (Lipinski definition) is 3. The van der Waals surface area contributed by atoms with E-state index in [-0.39, 0.29) is 18.5 Å². The second-order valence-electron chi connectivity index (χ2n) is 5.06. The first-order chi connectivity index (χ1) is 8.81. The number of aliphatic carboxylic acids is 1. The first-order valence-corrected chi connectivity index (χ1v) is 6.25. The van der Waals surface area contributed by atoms with Crippen LogP contribution in [0.3, 0.4) is 0 Å². The smallest absolute Gasteiger partial charge is 0.309 e. The van der Waals surface area contributed by atoms with Crippen molar-refractivity contribution in [1.29, 1.82) is 0 Å². The van der Waals surface area contributed by atoms with E-state index >= 15 is 0 Å². The molecular weight excluding hydrogens is 252 g/mol. The molecule has 1 amide bonds. The average Bonchev–Trinajstić information content (AvgIpc) is 3.02. The van der Waals surface area contributed by atoms with Crippen molar-refractivity contribution in [3.05, 3.63) is 0 Å². The summed E-state index contributed by atoms with van der Waals surface area (Å²) < 4.78 is 5.05. The van der Waals surface area contributed by atoms with Crippen LogP contribution >= 0.6 is 0 Å². The fraction of sp³-hybridized carbons (Fsp3) is 0.750. The van der Waals surface area contributed by atoms with Gasteiger partial charge in [0.15, 0.2) is 0 Å². The van der Waals surface area contributed by atoms with Gasteiger partial charge in [-0.15, -0.1) is 0 Å². The first kappa shape index (κ1) is 15.4. The van der Waals surface area contributed by atoms with E-state index in [0.29, 0.717) is 5.92 Å². The van der Waals surface area contributed by atoms with Gasteiger partial charge in [0.05, 0.1) is 24.4 Å². The number of amides is 1.